The molecule has 0 aliphatic heterocycles. The Bertz CT molecular complexity index is 528. The highest BCUT2D eigenvalue weighted by molar-refractivity contribution is 7.89. The lowest BCUT2D eigenvalue weighted by Gasteiger charge is -2.20. The lowest BCUT2D eigenvalue weighted by molar-refractivity contribution is -0.138. The second-order valence-corrected chi connectivity index (χ2v) is 5.46. The van der Waals surface area contributed by atoms with Crippen molar-refractivity contribution in [2.45, 2.75) is 4.90 Å². The molecule has 0 atom stereocenters. The van der Waals surface area contributed by atoms with Gasteiger partial charge in [0.15, 0.2) is 0 Å². The Morgan fingerprint density at radius 2 is 2.00 bits per heavy atom. The Hall–Kier alpha value is -1.60. The molecule has 18 heavy (non-hydrogen) atoms. The fourth-order valence-electron chi connectivity index (χ4n) is 1.45. The monoisotopic (exact) mass is 272 g/mol. The molecule has 0 saturated carbocycles. The van der Waals surface area contributed by atoms with Crippen LogP contribution in [-0.2, 0) is 19.6 Å². The zero-order chi connectivity index (χ0) is 13.8. The van der Waals surface area contributed by atoms with Gasteiger partial charge in [0, 0.05) is 7.05 Å². The molecule has 0 unspecified atom stereocenters. The highest BCUT2D eigenvalue weighted by atomic mass is 32.2. The van der Waals surface area contributed by atoms with Gasteiger partial charge < -0.3 is 9.64 Å². The lowest BCUT2D eigenvalue weighted by Crippen LogP contribution is -2.29. The van der Waals surface area contributed by atoms with Gasteiger partial charge in [0.2, 0.25) is 10.0 Å². The predicted octanol–water partition coefficient (Wildman–Crippen LogP) is 0.204. The molecule has 1 rings (SSSR count). The molecule has 0 heterocycles. The number of para-hydroxylation sites is 1. The van der Waals surface area contributed by atoms with Gasteiger partial charge in [-0.15, -0.1) is 0 Å². The summed E-state index contributed by atoms with van der Waals surface area (Å²) in [6, 6.07) is 6.44. The van der Waals surface area contributed by atoms with Crippen LogP contribution >= 0.6 is 0 Å². The molecule has 6 nitrogen and oxygen atoms in total. The topological polar surface area (TPSA) is 75.7 Å². The molecule has 0 amide bonds. The third-order valence-corrected chi connectivity index (χ3v) is 3.89. The van der Waals surface area contributed by atoms with E-state index in [4.69, 9.17) is 0 Å². The number of hydrogen-bond acceptors (Lipinski definition) is 5. The predicted molar refractivity (Wildman–Crippen MR) is 68.0 cm³/mol. The molecule has 100 valence electrons. The molecule has 0 fully saturated rings. The second-order valence-electron chi connectivity index (χ2n) is 3.61. The highest BCUT2D eigenvalue weighted by Gasteiger charge is 2.19. The number of esters is 1. The Labute approximate surface area is 107 Å². The van der Waals surface area contributed by atoms with Gasteiger partial charge in [-0.3, -0.25) is 4.79 Å². The molecule has 0 aliphatic carbocycles. The van der Waals surface area contributed by atoms with Gasteiger partial charge in [0.05, 0.1) is 12.8 Å². The number of carbonyl (C=O) groups excluding carboxylic acids is 1. The van der Waals surface area contributed by atoms with E-state index in [0.717, 1.165) is 0 Å². The molecule has 0 radical (unpaired) electrons. The van der Waals surface area contributed by atoms with Crippen LogP contribution in [0.25, 0.3) is 0 Å². The summed E-state index contributed by atoms with van der Waals surface area (Å²) < 4.78 is 30.5. The SMILES string of the molecule is CNS(=O)(=O)c1ccccc1N(C)CC(=O)OC. The van der Waals surface area contributed by atoms with Gasteiger partial charge in [0.1, 0.15) is 11.4 Å². The average Bonchev–Trinajstić information content (AvgIpc) is 2.38. The first-order chi connectivity index (χ1) is 8.42. The number of nitrogens with one attached hydrogen (secondary N) is 1. The van der Waals surface area contributed by atoms with Crippen LogP contribution in [0.15, 0.2) is 29.2 Å². The van der Waals surface area contributed by atoms with Crippen LogP contribution in [0.5, 0.6) is 0 Å². The smallest absolute Gasteiger partial charge is 0.325 e. The van der Waals surface area contributed by atoms with Gasteiger partial charge in [-0.2, -0.15) is 0 Å². The van der Waals surface area contributed by atoms with E-state index in [1.54, 1.807) is 25.2 Å². The van der Waals surface area contributed by atoms with E-state index in [1.165, 1.54) is 25.1 Å². The van der Waals surface area contributed by atoms with Gasteiger partial charge in [-0.25, -0.2) is 13.1 Å². The molecule has 1 aromatic carbocycles. The quantitative estimate of drug-likeness (QED) is 0.775. The standard InChI is InChI=1S/C11H16N2O4S/c1-12-18(15,16)10-7-5-4-6-9(10)13(2)8-11(14)17-3/h4-7,12H,8H2,1-3H3. The van der Waals surface area contributed by atoms with Crippen molar-refractivity contribution in [3.05, 3.63) is 24.3 Å². The number of rotatable bonds is 5. The first kappa shape index (κ1) is 14.5. The maximum Gasteiger partial charge on any atom is 0.325 e. The number of carbonyl (C=O) groups is 1. The molecule has 0 spiro atoms. The summed E-state index contributed by atoms with van der Waals surface area (Å²) in [4.78, 5) is 12.8. The van der Waals surface area contributed by atoms with Crippen molar-refractivity contribution in [3.63, 3.8) is 0 Å². The first-order valence-corrected chi connectivity index (χ1v) is 6.71. The van der Waals surface area contributed by atoms with Crippen molar-refractivity contribution in [1.29, 1.82) is 0 Å². The largest absolute Gasteiger partial charge is 0.468 e. The van der Waals surface area contributed by atoms with E-state index in [9.17, 15) is 13.2 Å². The number of benzene rings is 1. The summed E-state index contributed by atoms with van der Waals surface area (Å²) in [6.07, 6.45) is 0. The highest BCUT2D eigenvalue weighted by Crippen LogP contribution is 2.23. The van der Waals surface area contributed by atoms with E-state index < -0.39 is 16.0 Å². The summed E-state index contributed by atoms with van der Waals surface area (Å²) >= 11 is 0. The maximum absolute atomic E-state index is 11.8. The number of nitrogens with zero attached hydrogens (tertiary/aromatic N) is 1. The van der Waals surface area contributed by atoms with E-state index in [-0.39, 0.29) is 11.4 Å². The van der Waals surface area contributed by atoms with Gasteiger partial charge in [-0.05, 0) is 19.2 Å². The molecule has 0 aliphatic rings. The van der Waals surface area contributed by atoms with Crippen LogP contribution in [0.3, 0.4) is 0 Å². The summed E-state index contributed by atoms with van der Waals surface area (Å²) in [6.45, 7) is -0.0211. The zero-order valence-electron chi connectivity index (χ0n) is 10.5. The molecule has 1 aromatic rings. The minimum atomic E-state index is -3.56. The van der Waals surface area contributed by atoms with Crippen molar-refractivity contribution in [2.24, 2.45) is 0 Å². The summed E-state index contributed by atoms with van der Waals surface area (Å²) in [7, 11) is 0.690. The summed E-state index contributed by atoms with van der Waals surface area (Å²) in [5.41, 5.74) is 0.442. The second kappa shape index (κ2) is 5.83. The van der Waals surface area contributed by atoms with E-state index in [0.29, 0.717) is 5.69 Å². The van der Waals surface area contributed by atoms with Gasteiger partial charge in [0.25, 0.3) is 0 Å². The molecular weight excluding hydrogens is 256 g/mol. The number of likely N-dealkylation sites (N-methyl/N-ethyl adjacent to an activating group) is 1. The Balaban J connectivity index is 3.14. The first-order valence-electron chi connectivity index (χ1n) is 5.23. The zero-order valence-corrected chi connectivity index (χ0v) is 11.3. The Kier molecular flexibility index (Phi) is 4.69. The van der Waals surface area contributed by atoms with E-state index in [2.05, 4.69) is 9.46 Å². The van der Waals surface area contributed by atoms with Crippen molar-refractivity contribution in [3.8, 4) is 0 Å². The van der Waals surface area contributed by atoms with Crippen LogP contribution in [0.2, 0.25) is 0 Å². The van der Waals surface area contributed by atoms with Crippen molar-refractivity contribution >= 4 is 21.7 Å². The summed E-state index contributed by atoms with van der Waals surface area (Å²) in [5.74, 6) is -0.436. The van der Waals surface area contributed by atoms with Crippen LogP contribution in [0.4, 0.5) is 5.69 Å². The number of hydrogen-bond donors (Lipinski definition) is 1. The third-order valence-electron chi connectivity index (χ3n) is 2.43. The number of sulfonamides is 1. The van der Waals surface area contributed by atoms with Crippen molar-refractivity contribution in [1.82, 2.24) is 4.72 Å². The van der Waals surface area contributed by atoms with Crippen molar-refractivity contribution < 1.29 is 17.9 Å². The molecular formula is C11H16N2O4S. The number of anilines is 1. The lowest BCUT2D eigenvalue weighted by atomic mass is 10.3. The normalized spacial score (nSPS) is 11.1. The van der Waals surface area contributed by atoms with Crippen LogP contribution in [-0.4, -0.2) is 42.1 Å². The molecule has 0 saturated heterocycles. The number of ether oxygens (including phenoxy) is 1. The Morgan fingerprint density at radius 1 is 1.39 bits per heavy atom. The van der Waals surface area contributed by atoms with Gasteiger partial charge in [-0.1, -0.05) is 12.1 Å². The minimum Gasteiger partial charge on any atom is -0.468 e. The maximum atomic E-state index is 11.8. The molecule has 0 aromatic heterocycles. The van der Waals surface area contributed by atoms with Crippen LogP contribution in [0.1, 0.15) is 0 Å². The van der Waals surface area contributed by atoms with Gasteiger partial charge >= 0.3 is 5.97 Å². The third kappa shape index (κ3) is 3.21. The molecule has 1 N–H and O–H groups in total. The average molecular weight is 272 g/mol. The van der Waals surface area contributed by atoms with Crippen LogP contribution < -0.4 is 9.62 Å². The van der Waals surface area contributed by atoms with E-state index >= 15 is 0 Å². The van der Waals surface area contributed by atoms with Crippen LogP contribution in [0, 0.1) is 0 Å². The number of methoxy groups -OCH3 is 1. The minimum absolute atomic E-state index is 0.0211. The molecule has 0 bridgehead atoms. The molecule has 7 heteroatoms. The fourth-order valence-corrected chi connectivity index (χ4v) is 2.43. The fraction of sp³-hybridized carbons (Fsp3) is 0.364. The van der Waals surface area contributed by atoms with Crippen molar-refractivity contribution in [2.75, 3.05) is 32.6 Å². The van der Waals surface area contributed by atoms with E-state index in [1.807, 2.05) is 0 Å². The summed E-state index contributed by atoms with van der Waals surface area (Å²) in [5, 5.41) is 0. The Morgan fingerprint density at radius 3 is 2.56 bits per heavy atom.